The Morgan fingerprint density at radius 3 is 2.77 bits per heavy atom. The topological polar surface area (TPSA) is 60.9 Å². The van der Waals surface area contributed by atoms with Gasteiger partial charge in [0.1, 0.15) is 11.5 Å². The number of methoxy groups -OCH3 is 2. The fourth-order valence-corrected chi connectivity index (χ4v) is 4.99. The van der Waals surface area contributed by atoms with Crippen LogP contribution in [0, 0.1) is 13.8 Å². The minimum Gasteiger partial charge on any atom is -0.497 e. The lowest BCUT2D eigenvalue weighted by atomic mass is 10.1. The molecular weight excluding hydrogens is 400 g/mol. The molecule has 0 spiro atoms. The molecule has 1 unspecified atom stereocenters. The summed E-state index contributed by atoms with van der Waals surface area (Å²) < 4.78 is 17.7. The second-order valence-electron chi connectivity index (χ2n) is 7.54. The quantitative estimate of drug-likeness (QED) is 0.569. The summed E-state index contributed by atoms with van der Waals surface area (Å²) in [5, 5.41) is 0.670. The maximum atomic E-state index is 13.7. The number of hydrogen-bond donors (Lipinski definition) is 0. The van der Waals surface area contributed by atoms with E-state index in [0.717, 1.165) is 35.2 Å². The van der Waals surface area contributed by atoms with Crippen LogP contribution in [0.2, 0.25) is 0 Å². The van der Waals surface area contributed by atoms with Gasteiger partial charge in [-0.1, -0.05) is 17.4 Å². The summed E-state index contributed by atoms with van der Waals surface area (Å²) in [5.74, 6) is 0.938. The maximum absolute atomic E-state index is 13.7. The molecule has 30 heavy (non-hydrogen) atoms. The number of nitrogens with zero attached hydrogens (tertiary/aromatic N) is 2. The summed E-state index contributed by atoms with van der Waals surface area (Å²) in [7, 11) is 3.14. The normalized spacial score (nSPS) is 16.1. The van der Waals surface area contributed by atoms with Gasteiger partial charge in [-0.15, -0.1) is 0 Å². The molecule has 0 bridgehead atoms. The van der Waals surface area contributed by atoms with Crippen LogP contribution >= 0.6 is 11.3 Å². The zero-order valence-electron chi connectivity index (χ0n) is 17.7. The van der Waals surface area contributed by atoms with Gasteiger partial charge in [0.2, 0.25) is 0 Å². The van der Waals surface area contributed by atoms with Crippen molar-refractivity contribution in [2.75, 3.05) is 32.3 Å². The molecule has 1 atom stereocenters. The first-order chi connectivity index (χ1) is 14.5. The molecule has 4 rings (SSSR count). The van der Waals surface area contributed by atoms with Gasteiger partial charge >= 0.3 is 0 Å². The van der Waals surface area contributed by atoms with E-state index in [4.69, 9.17) is 19.2 Å². The Bertz CT molecular complexity index is 1070. The Morgan fingerprint density at radius 1 is 1.23 bits per heavy atom. The molecule has 1 aliphatic rings. The van der Waals surface area contributed by atoms with Gasteiger partial charge in [0, 0.05) is 6.61 Å². The van der Waals surface area contributed by atoms with Crippen molar-refractivity contribution in [2.24, 2.45) is 0 Å². The number of hydrogen-bond acceptors (Lipinski definition) is 6. The monoisotopic (exact) mass is 426 g/mol. The SMILES string of the molecule is COc1ccc(OC)c(C(=O)N(CC2CCCO2)c2nc3c(C)cc(C)cc3s2)c1. The molecule has 0 N–H and O–H groups in total. The van der Waals surface area contributed by atoms with Crippen molar-refractivity contribution >= 4 is 32.6 Å². The van der Waals surface area contributed by atoms with Crippen LogP contribution in [0.15, 0.2) is 30.3 Å². The average Bonchev–Trinajstić information content (AvgIpc) is 3.40. The Labute approximate surface area is 180 Å². The molecule has 7 heteroatoms. The summed E-state index contributed by atoms with van der Waals surface area (Å²) in [6, 6.07) is 9.48. The minimum absolute atomic E-state index is 0.000369. The molecular formula is C23H26N2O4S. The van der Waals surface area contributed by atoms with Crippen molar-refractivity contribution in [3.63, 3.8) is 0 Å². The van der Waals surface area contributed by atoms with E-state index in [1.54, 1.807) is 37.3 Å². The molecule has 2 aromatic carbocycles. The molecule has 3 aromatic rings. The van der Waals surface area contributed by atoms with Crippen molar-refractivity contribution < 1.29 is 19.0 Å². The van der Waals surface area contributed by atoms with Gasteiger partial charge in [0.05, 0.1) is 42.6 Å². The van der Waals surface area contributed by atoms with Crippen molar-refractivity contribution in [1.82, 2.24) is 4.98 Å². The first-order valence-electron chi connectivity index (χ1n) is 10.0. The highest BCUT2D eigenvalue weighted by atomic mass is 32.1. The number of benzene rings is 2. The predicted octanol–water partition coefficient (Wildman–Crippen LogP) is 4.76. The fourth-order valence-electron chi connectivity index (χ4n) is 3.84. The lowest BCUT2D eigenvalue weighted by molar-refractivity contribution is 0.0914. The van der Waals surface area contributed by atoms with E-state index in [2.05, 4.69) is 26.0 Å². The van der Waals surface area contributed by atoms with Gasteiger partial charge in [-0.25, -0.2) is 4.98 Å². The van der Waals surface area contributed by atoms with E-state index in [0.29, 0.717) is 28.7 Å². The van der Waals surface area contributed by atoms with Gasteiger partial charge < -0.3 is 14.2 Å². The second kappa shape index (κ2) is 8.62. The Morgan fingerprint density at radius 2 is 2.07 bits per heavy atom. The summed E-state index contributed by atoms with van der Waals surface area (Å²) in [6.45, 7) is 5.31. The van der Waals surface area contributed by atoms with Crippen LogP contribution in [0.4, 0.5) is 5.13 Å². The van der Waals surface area contributed by atoms with Crippen LogP contribution in [0.25, 0.3) is 10.2 Å². The van der Waals surface area contributed by atoms with E-state index < -0.39 is 0 Å². The number of amides is 1. The largest absolute Gasteiger partial charge is 0.497 e. The lowest BCUT2D eigenvalue weighted by Crippen LogP contribution is -2.37. The third-order valence-electron chi connectivity index (χ3n) is 5.34. The van der Waals surface area contributed by atoms with Gasteiger partial charge in [-0.3, -0.25) is 9.69 Å². The molecule has 6 nitrogen and oxygen atoms in total. The van der Waals surface area contributed by atoms with Crippen molar-refractivity contribution in [3.8, 4) is 11.5 Å². The van der Waals surface area contributed by atoms with Gasteiger partial charge in [-0.2, -0.15) is 0 Å². The predicted molar refractivity (Wildman–Crippen MR) is 119 cm³/mol. The molecule has 0 saturated carbocycles. The van der Waals surface area contributed by atoms with Gasteiger partial charge in [-0.05, 0) is 62.1 Å². The standard InChI is InChI=1S/C23H26N2O4S/c1-14-10-15(2)21-20(11-14)30-23(24-21)25(13-17-6-5-9-29-17)22(26)18-12-16(27-3)7-8-19(18)28-4/h7-8,10-12,17H,5-6,9,13H2,1-4H3. The van der Waals surface area contributed by atoms with E-state index in [1.165, 1.54) is 16.9 Å². The number of fused-ring (bicyclic) bond motifs is 1. The van der Waals surface area contributed by atoms with Crippen molar-refractivity contribution in [2.45, 2.75) is 32.8 Å². The second-order valence-corrected chi connectivity index (χ2v) is 8.55. The van der Waals surface area contributed by atoms with Gasteiger partial charge in [0.25, 0.3) is 5.91 Å². The number of aryl methyl sites for hydroxylation is 2. The summed E-state index contributed by atoms with van der Waals surface area (Å²) in [5.41, 5.74) is 3.67. The smallest absolute Gasteiger partial charge is 0.264 e. The number of carbonyl (C=O) groups excluding carboxylic acids is 1. The third-order valence-corrected chi connectivity index (χ3v) is 6.37. The molecule has 1 amide bonds. The molecule has 0 radical (unpaired) electrons. The van der Waals surface area contributed by atoms with E-state index >= 15 is 0 Å². The molecule has 1 aliphatic heterocycles. The Hall–Kier alpha value is -2.64. The minimum atomic E-state index is -0.172. The van der Waals surface area contributed by atoms with Crippen LogP contribution in [0.1, 0.15) is 34.3 Å². The first-order valence-corrected chi connectivity index (χ1v) is 10.8. The number of anilines is 1. The Kier molecular flexibility index (Phi) is 5.92. The number of thiazole rings is 1. The Balaban J connectivity index is 1.79. The molecule has 1 fully saturated rings. The molecule has 2 heterocycles. The number of carbonyl (C=O) groups is 1. The first kappa shape index (κ1) is 20.6. The molecule has 1 aromatic heterocycles. The zero-order chi connectivity index (χ0) is 21.3. The summed E-state index contributed by atoms with van der Waals surface area (Å²) in [6.07, 6.45) is 1.94. The summed E-state index contributed by atoms with van der Waals surface area (Å²) in [4.78, 5) is 20.3. The van der Waals surface area contributed by atoms with E-state index in [1.807, 2.05) is 0 Å². The zero-order valence-corrected chi connectivity index (χ0v) is 18.5. The van der Waals surface area contributed by atoms with E-state index in [-0.39, 0.29) is 12.0 Å². The number of rotatable bonds is 6. The van der Waals surface area contributed by atoms with Crippen LogP contribution in [-0.2, 0) is 4.74 Å². The van der Waals surface area contributed by atoms with Crippen LogP contribution < -0.4 is 14.4 Å². The lowest BCUT2D eigenvalue weighted by Gasteiger charge is -2.24. The number of ether oxygens (including phenoxy) is 3. The highest BCUT2D eigenvalue weighted by Crippen LogP contribution is 2.34. The molecule has 158 valence electrons. The summed E-state index contributed by atoms with van der Waals surface area (Å²) >= 11 is 1.53. The van der Waals surface area contributed by atoms with Crippen LogP contribution in [-0.4, -0.2) is 44.4 Å². The molecule has 0 aliphatic carbocycles. The third kappa shape index (κ3) is 4.00. The van der Waals surface area contributed by atoms with Crippen LogP contribution in [0.3, 0.4) is 0 Å². The highest BCUT2D eigenvalue weighted by Gasteiger charge is 2.29. The van der Waals surface area contributed by atoms with Gasteiger partial charge in [0.15, 0.2) is 5.13 Å². The van der Waals surface area contributed by atoms with Crippen molar-refractivity contribution in [3.05, 3.63) is 47.0 Å². The van der Waals surface area contributed by atoms with E-state index in [9.17, 15) is 4.79 Å². The highest BCUT2D eigenvalue weighted by molar-refractivity contribution is 7.22. The average molecular weight is 427 g/mol. The van der Waals surface area contributed by atoms with Crippen molar-refractivity contribution in [1.29, 1.82) is 0 Å². The fraction of sp³-hybridized carbons (Fsp3) is 0.391. The van der Waals surface area contributed by atoms with Crippen LogP contribution in [0.5, 0.6) is 11.5 Å². The number of aromatic nitrogens is 1. The maximum Gasteiger partial charge on any atom is 0.264 e. The molecule has 1 saturated heterocycles.